The number of benzene rings is 1. The first-order valence-electron chi connectivity index (χ1n) is 8.30. The molecule has 0 saturated carbocycles. The van der Waals surface area contributed by atoms with Crippen molar-refractivity contribution >= 4 is 17.5 Å². The lowest BCUT2D eigenvalue weighted by Crippen LogP contribution is -2.30. The van der Waals surface area contributed by atoms with Crippen molar-refractivity contribution in [2.75, 3.05) is 13.1 Å². The average molecular weight is 345 g/mol. The lowest BCUT2D eigenvalue weighted by molar-refractivity contribution is -0.130. The summed E-state index contributed by atoms with van der Waals surface area (Å²) in [7, 11) is 0. The van der Waals surface area contributed by atoms with Crippen LogP contribution in [-0.4, -0.2) is 35.0 Å². The summed E-state index contributed by atoms with van der Waals surface area (Å²) in [6.07, 6.45) is 6.46. The SMILES string of the molecule is O=C(CCCc1ccccc1)N1CC[C@H](Oc2ccncc2Cl)C1. The van der Waals surface area contributed by atoms with E-state index in [-0.39, 0.29) is 12.0 Å². The molecule has 2 aromatic rings. The van der Waals surface area contributed by atoms with E-state index in [2.05, 4.69) is 17.1 Å². The topological polar surface area (TPSA) is 42.4 Å². The van der Waals surface area contributed by atoms with Gasteiger partial charge in [0, 0.05) is 37.8 Å². The van der Waals surface area contributed by atoms with Crippen molar-refractivity contribution in [3.8, 4) is 5.75 Å². The van der Waals surface area contributed by atoms with Gasteiger partial charge in [-0.2, -0.15) is 0 Å². The molecule has 0 radical (unpaired) electrons. The number of aromatic nitrogens is 1. The Bertz CT molecular complexity index is 678. The lowest BCUT2D eigenvalue weighted by Gasteiger charge is -2.17. The highest BCUT2D eigenvalue weighted by molar-refractivity contribution is 6.31. The van der Waals surface area contributed by atoms with E-state index in [9.17, 15) is 4.79 Å². The van der Waals surface area contributed by atoms with Gasteiger partial charge in [0.2, 0.25) is 5.91 Å². The van der Waals surface area contributed by atoms with E-state index >= 15 is 0 Å². The minimum absolute atomic E-state index is 0.00275. The van der Waals surface area contributed by atoms with Gasteiger partial charge in [-0.1, -0.05) is 41.9 Å². The number of hydrogen-bond acceptors (Lipinski definition) is 3. The van der Waals surface area contributed by atoms with E-state index in [0.29, 0.717) is 23.7 Å². The first kappa shape index (κ1) is 16.8. The Labute approximate surface area is 147 Å². The molecule has 1 amide bonds. The molecular weight excluding hydrogens is 324 g/mol. The number of carbonyl (C=O) groups is 1. The van der Waals surface area contributed by atoms with Gasteiger partial charge in [-0.3, -0.25) is 9.78 Å². The Morgan fingerprint density at radius 2 is 2.12 bits per heavy atom. The molecule has 2 heterocycles. The zero-order chi connectivity index (χ0) is 16.8. The van der Waals surface area contributed by atoms with Crippen LogP contribution in [0.2, 0.25) is 5.02 Å². The second kappa shape index (κ2) is 8.15. The third kappa shape index (κ3) is 4.48. The molecule has 0 aliphatic carbocycles. The molecule has 1 aliphatic rings. The molecule has 0 unspecified atom stereocenters. The fourth-order valence-electron chi connectivity index (χ4n) is 2.94. The molecular formula is C19H21ClN2O2. The third-order valence-electron chi connectivity index (χ3n) is 4.23. The van der Waals surface area contributed by atoms with Crippen LogP contribution in [0.5, 0.6) is 5.75 Å². The Kier molecular flexibility index (Phi) is 5.70. The molecule has 126 valence electrons. The van der Waals surface area contributed by atoms with Gasteiger partial charge < -0.3 is 9.64 Å². The third-order valence-corrected chi connectivity index (χ3v) is 4.51. The van der Waals surface area contributed by atoms with Gasteiger partial charge in [-0.25, -0.2) is 0 Å². The maximum absolute atomic E-state index is 12.3. The number of halogens is 1. The fraction of sp³-hybridized carbons (Fsp3) is 0.368. The summed E-state index contributed by atoms with van der Waals surface area (Å²) in [5.41, 5.74) is 1.28. The van der Waals surface area contributed by atoms with Gasteiger partial charge >= 0.3 is 0 Å². The highest BCUT2D eigenvalue weighted by atomic mass is 35.5. The Hall–Kier alpha value is -2.07. The number of nitrogens with zero attached hydrogens (tertiary/aromatic N) is 2. The Balaban J connectivity index is 1.43. The van der Waals surface area contributed by atoms with E-state index in [0.717, 1.165) is 25.8 Å². The van der Waals surface area contributed by atoms with E-state index < -0.39 is 0 Å². The van der Waals surface area contributed by atoms with Gasteiger partial charge in [-0.15, -0.1) is 0 Å². The van der Waals surface area contributed by atoms with E-state index in [1.807, 2.05) is 23.1 Å². The van der Waals surface area contributed by atoms with Crippen molar-refractivity contribution in [3.05, 3.63) is 59.4 Å². The van der Waals surface area contributed by atoms with Crippen LogP contribution >= 0.6 is 11.6 Å². The number of pyridine rings is 1. The first-order chi connectivity index (χ1) is 11.7. The van der Waals surface area contributed by atoms with Crippen LogP contribution in [0.25, 0.3) is 0 Å². The van der Waals surface area contributed by atoms with Crippen molar-refractivity contribution in [2.45, 2.75) is 31.8 Å². The molecule has 1 fully saturated rings. The van der Waals surface area contributed by atoms with E-state index in [1.165, 1.54) is 5.56 Å². The minimum atomic E-state index is 0.00275. The predicted molar refractivity (Wildman–Crippen MR) is 94.2 cm³/mol. The summed E-state index contributed by atoms with van der Waals surface area (Å²) in [6, 6.07) is 12.0. The van der Waals surface area contributed by atoms with Crippen LogP contribution in [0.3, 0.4) is 0 Å². The van der Waals surface area contributed by atoms with Crippen molar-refractivity contribution in [1.29, 1.82) is 0 Å². The molecule has 1 aliphatic heterocycles. The Morgan fingerprint density at radius 1 is 1.29 bits per heavy atom. The maximum atomic E-state index is 12.3. The van der Waals surface area contributed by atoms with Crippen LogP contribution in [0.4, 0.5) is 0 Å². The molecule has 4 nitrogen and oxygen atoms in total. The van der Waals surface area contributed by atoms with Crippen LogP contribution < -0.4 is 4.74 Å². The van der Waals surface area contributed by atoms with Crippen molar-refractivity contribution < 1.29 is 9.53 Å². The minimum Gasteiger partial charge on any atom is -0.487 e. The van der Waals surface area contributed by atoms with E-state index in [4.69, 9.17) is 16.3 Å². The molecule has 1 aromatic carbocycles. The maximum Gasteiger partial charge on any atom is 0.222 e. The summed E-state index contributed by atoms with van der Waals surface area (Å²) < 4.78 is 5.89. The summed E-state index contributed by atoms with van der Waals surface area (Å²) in [6.45, 7) is 1.38. The molecule has 5 heteroatoms. The summed E-state index contributed by atoms with van der Waals surface area (Å²) >= 11 is 6.06. The van der Waals surface area contributed by atoms with Crippen LogP contribution in [0.15, 0.2) is 48.8 Å². The summed E-state index contributed by atoms with van der Waals surface area (Å²) in [4.78, 5) is 18.2. The van der Waals surface area contributed by atoms with Crippen LogP contribution in [0.1, 0.15) is 24.8 Å². The largest absolute Gasteiger partial charge is 0.487 e. The van der Waals surface area contributed by atoms with Gasteiger partial charge in [0.15, 0.2) is 0 Å². The molecule has 0 spiro atoms. The van der Waals surface area contributed by atoms with Crippen molar-refractivity contribution in [3.63, 3.8) is 0 Å². The standard InChI is InChI=1S/C19H21ClN2O2/c20-17-13-21-11-9-18(17)24-16-10-12-22(14-16)19(23)8-4-7-15-5-2-1-3-6-15/h1-3,5-6,9,11,13,16H,4,7-8,10,12,14H2/t16-/m0/s1. The molecule has 0 bridgehead atoms. The molecule has 1 saturated heterocycles. The summed E-state index contributed by atoms with van der Waals surface area (Å²) in [5.74, 6) is 0.841. The zero-order valence-electron chi connectivity index (χ0n) is 13.5. The zero-order valence-corrected chi connectivity index (χ0v) is 14.3. The van der Waals surface area contributed by atoms with E-state index in [1.54, 1.807) is 18.5 Å². The summed E-state index contributed by atoms with van der Waals surface area (Å²) in [5, 5.41) is 0.505. The molecule has 0 N–H and O–H groups in total. The lowest BCUT2D eigenvalue weighted by atomic mass is 10.1. The monoisotopic (exact) mass is 344 g/mol. The second-order valence-electron chi connectivity index (χ2n) is 6.01. The highest BCUT2D eigenvalue weighted by Gasteiger charge is 2.27. The smallest absolute Gasteiger partial charge is 0.222 e. The quantitative estimate of drug-likeness (QED) is 0.801. The van der Waals surface area contributed by atoms with Gasteiger partial charge in [0.25, 0.3) is 0 Å². The molecule has 3 rings (SSSR count). The highest BCUT2D eigenvalue weighted by Crippen LogP contribution is 2.25. The van der Waals surface area contributed by atoms with Gasteiger partial charge in [0.1, 0.15) is 16.9 Å². The second-order valence-corrected chi connectivity index (χ2v) is 6.42. The first-order valence-corrected chi connectivity index (χ1v) is 8.68. The average Bonchev–Trinajstić information content (AvgIpc) is 3.07. The molecule has 24 heavy (non-hydrogen) atoms. The number of hydrogen-bond donors (Lipinski definition) is 0. The van der Waals surface area contributed by atoms with Crippen molar-refractivity contribution in [1.82, 2.24) is 9.88 Å². The van der Waals surface area contributed by atoms with Crippen LogP contribution in [0, 0.1) is 0 Å². The number of carbonyl (C=O) groups excluding carboxylic acids is 1. The number of aryl methyl sites for hydroxylation is 1. The van der Waals surface area contributed by atoms with Gasteiger partial charge in [-0.05, 0) is 18.4 Å². The number of likely N-dealkylation sites (tertiary alicyclic amines) is 1. The fourth-order valence-corrected chi connectivity index (χ4v) is 3.10. The predicted octanol–water partition coefficient (Wildman–Crippen LogP) is 3.74. The van der Waals surface area contributed by atoms with Gasteiger partial charge in [0.05, 0.1) is 6.54 Å². The van der Waals surface area contributed by atoms with Crippen molar-refractivity contribution in [2.24, 2.45) is 0 Å². The number of rotatable bonds is 6. The number of amides is 1. The molecule has 1 atom stereocenters. The normalized spacial score (nSPS) is 17.0. The molecule has 1 aromatic heterocycles. The number of ether oxygens (including phenoxy) is 1. The van der Waals surface area contributed by atoms with Crippen LogP contribution in [-0.2, 0) is 11.2 Å². The Morgan fingerprint density at radius 3 is 2.92 bits per heavy atom.